The van der Waals surface area contributed by atoms with E-state index in [0.29, 0.717) is 22.2 Å². The number of anilines is 1. The average Bonchev–Trinajstić information content (AvgIpc) is 3.27. The van der Waals surface area contributed by atoms with Crippen LogP contribution in [0.2, 0.25) is 0 Å². The van der Waals surface area contributed by atoms with Gasteiger partial charge in [-0.15, -0.1) is 11.8 Å². The molecule has 0 radical (unpaired) electrons. The number of thioether (sulfide) groups is 1. The highest BCUT2D eigenvalue weighted by Crippen LogP contribution is 2.34. The van der Waals surface area contributed by atoms with E-state index in [9.17, 15) is 4.79 Å². The fraction of sp³-hybridized carbons (Fsp3) is 0.368. The molecule has 0 aliphatic rings. The fourth-order valence-corrected chi connectivity index (χ4v) is 3.20. The van der Waals surface area contributed by atoms with E-state index in [1.807, 2.05) is 51.3 Å². The van der Waals surface area contributed by atoms with Gasteiger partial charge in [-0.3, -0.25) is 4.79 Å². The van der Waals surface area contributed by atoms with Gasteiger partial charge < -0.3 is 15.6 Å². The number of hydrogen-bond acceptors (Lipinski definition) is 7. The number of carbonyl (C=O) groups excluding carboxylic acids is 1. The number of nitrogens with two attached hydrogens (primary N) is 1. The van der Waals surface area contributed by atoms with Crippen molar-refractivity contribution >= 4 is 23.5 Å². The van der Waals surface area contributed by atoms with Crippen molar-refractivity contribution in [3.63, 3.8) is 0 Å². The maximum Gasteiger partial charge on any atom is 0.264 e. The molecule has 0 bridgehead atoms. The van der Waals surface area contributed by atoms with Crippen LogP contribution in [0.5, 0.6) is 0 Å². The van der Waals surface area contributed by atoms with Crippen LogP contribution in [-0.4, -0.2) is 38.1 Å². The smallest absolute Gasteiger partial charge is 0.264 e. The fourth-order valence-electron chi connectivity index (χ4n) is 2.62. The lowest BCUT2D eigenvalue weighted by molar-refractivity contribution is -0.122. The summed E-state index contributed by atoms with van der Waals surface area (Å²) in [5.74, 6) is 0.936. The maximum atomic E-state index is 12.2. The molecule has 3 N–H and O–H groups in total. The average molecular weight is 401 g/mol. The first-order valence-electron chi connectivity index (χ1n) is 9.03. The van der Waals surface area contributed by atoms with Crippen LogP contribution < -0.4 is 11.1 Å². The van der Waals surface area contributed by atoms with Gasteiger partial charge in [0, 0.05) is 11.6 Å². The second-order valence-corrected chi connectivity index (χ2v) is 7.39. The van der Waals surface area contributed by atoms with Crippen LogP contribution in [0, 0.1) is 6.92 Å². The molecular formula is C19H24N6O2S. The minimum atomic E-state index is -0.145. The second-order valence-electron chi connectivity index (χ2n) is 6.59. The molecule has 0 fully saturated rings. The van der Waals surface area contributed by atoms with Crippen molar-refractivity contribution in [1.29, 1.82) is 0 Å². The number of nitrogens with zero attached hydrogens (tertiary/aromatic N) is 4. The molecule has 8 nitrogen and oxygen atoms in total. The first-order chi connectivity index (χ1) is 13.4. The zero-order chi connectivity index (χ0) is 20.3. The third kappa shape index (κ3) is 4.19. The van der Waals surface area contributed by atoms with Crippen molar-refractivity contribution in [3.05, 3.63) is 29.8 Å². The van der Waals surface area contributed by atoms with Crippen LogP contribution in [0.15, 0.2) is 33.8 Å². The topological polar surface area (TPSA) is 112 Å². The molecule has 0 saturated carbocycles. The summed E-state index contributed by atoms with van der Waals surface area (Å²) in [6, 6.07) is 7.94. The monoisotopic (exact) mass is 400 g/mol. The lowest BCUT2D eigenvalue weighted by Gasteiger charge is -2.11. The first-order valence-corrected chi connectivity index (χ1v) is 10.3. The van der Waals surface area contributed by atoms with Crippen LogP contribution in [0.3, 0.4) is 0 Å². The van der Waals surface area contributed by atoms with Crippen molar-refractivity contribution in [3.8, 4) is 22.8 Å². The Morgan fingerprint density at radius 3 is 2.71 bits per heavy atom. The minimum Gasteiger partial charge on any atom is -0.383 e. The summed E-state index contributed by atoms with van der Waals surface area (Å²) >= 11 is 1.41. The van der Waals surface area contributed by atoms with Gasteiger partial charge in [-0.1, -0.05) is 41.9 Å². The van der Waals surface area contributed by atoms with E-state index in [-0.39, 0.29) is 24.4 Å². The molecular weight excluding hydrogens is 376 g/mol. The zero-order valence-corrected chi connectivity index (χ0v) is 17.2. The Kier molecular flexibility index (Phi) is 6.03. The van der Waals surface area contributed by atoms with Crippen LogP contribution in [0.4, 0.5) is 5.82 Å². The summed E-state index contributed by atoms with van der Waals surface area (Å²) in [4.78, 5) is 16.7. The summed E-state index contributed by atoms with van der Waals surface area (Å²) in [5, 5.41) is 12.0. The number of aromatic nitrogens is 4. The van der Waals surface area contributed by atoms with Gasteiger partial charge in [0.05, 0.1) is 0 Å². The summed E-state index contributed by atoms with van der Waals surface area (Å²) in [6.07, 6.45) is 2.73. The van der Waals surface area contributed by atoms with Crippen LogP contribution in [0.25, 0.3) is 22.8 Å². The summed E-state index contributed by atoms with van der Waals surface area (Å²) in [7, 11) is 0. The number of nitrogen functional groups attached to an aromatic ring is 1. The van der Waals surface area contributed by atoms with Crippen LogP contribution in [0.1, 0.15) is 25.8 Å². The van der Waals surface area contributed by atoms with E-state index in [4.69, 9.17) is 10.3 Å². The number of aryl methyl sites for hydroxylation is 1. The molecule has 9 heteroatoms. The molecule has 1 aromatic carbocycles. The molecule has 0 unspecified atom stereocenters. The van der Waals surface area contributed by atoms with E-state index >= 15 is 0 Å². The molecule has 2 aromatic heterocycles. The lowest BCUT2D eigenvalue weighted by Crippen LogP contribution is -2.35. The van der Waals surface area contributed by atoms with Gasteiger partial charge in [0.25, 0.3) is 5.89 Å². The van der Waals surface area contributed by atoms with Gasteiger partial charge in [0.2, 0.25) is 11.7 Å². The molecule has 1 amide bonds. The molecule has 148 valence electrons. The summed E-state index contributed by atoms with van der Waals surface area (Å²) < 4.78 is 6.92. The number of rotatable bonds is 7. The Morgan fingerprint density at radius 1 is 1.36 bits per heavy atom. The number of benzene rings is 1. The Morgan fingerprint density at radius 2 is 2.07 bits per heavy atom. The predicted octanol–water partition coefficient (Wildman–Crippen LogP) is 3.13. The van der Waals surface area contributed by atoms with Crippen molar-refractivity contribution in [2.45, 2.75) is 44.8 Å². The number of hydrogen-bond donors (Lipinski definition) is 2. The van der Waals surface area contributed by atoms with Gasteiger partial charge in [-0.2, -0.15) is 10.1 Å². The Balaban J connectivity index is 1.89. The van der Waals surface area contributed by atoms with Crippen molar-refractivity contribution in [1.82, 2.24) is 25.2 Å². The molecule has 0 aliphatic carbocycles. The van der Waals surface area contributed by atoms with E-state index in [1.165, 1.54) is 16.4 Å². The molecule has 0 aliphatic heterocycles. The van der Waals surface area contributed by atoms with Crippen LogP contribution in [-0.2, 0) is 11.3 Å². The number of nitrogens with one attached hydrogen (secondary N) is 1. The standard InChI is InChI=1S/C19H24N6O2S/c1-5-12(3)21-14(26)10-25-16(20)15(19(23-25)28-4)18-22-17(24-27-18)13-8-6-11(2)7-9-13/h6-9,12H,5,10,20H2,1-4H3,(H,21,26)/t12-/m0/s1. The largest absolute Gasteiger partial charge is 0.383 e. The van der Waals surface area contributed by atoms with Crippen LogP contribution >= 0.6 is 11.8 Å². The Hall–Kier alpha value is -2.81. The normalized spacial score (nSPS) is 12.1. The van der Waals surface area contributed by atoms with Gasteiger partial charge in [0.1, 0.15) is 23.0 Å². The van der Waals surface area contributed by atoms with E-state index in [1.54, 1.807) is 0 Å². The summed E-state index contributed by atoms with van der Waals surface area (Å²) in [5.41, 5.74) is 8.82. The Labute approximate surface area is 167 Å². The highest BCUT2D eigenvalue weighted by molar-refractivity contribution is 7.98. The summed E-state index contributed by atoms with van der Waals surface area (Å²) in [6.45, 7) is 6.01. The molecule has 28 heavy (non-hydrogen) atoms. The van der Waals surface area contributed by atoms with Gasteiger partial charge in [-0.05, 0) is 26.5 Å². The van der Waals surface area contributed by atoms with Crippen molar-refractivity contribution < 1.29 is 9.32 Å². The van der Waals surface area contributed by atoms with Crippen molar-refractivity contribution in [2.24, 2.45) is 0 Å². The number of amides is 1. The molecule has 2 heterocycles. The third-order valence-electron chi connectivity index (χ3n) is 4.42. The van der Waals surface area contributed by atoms with Gasteiger partial charge in [-0.25, -0.2) is 4.68 Å². The van der Waals surface area contributed by atoms with E-state index in [2.05, 4.69) is 20.6 Å². The highest BCUT2D eigenvalue weighted by atomic mass is 32.2. The van der Waals surface area contributed by atoms with Gasteiger partial charge >= 0.3 is 0 Å². The molecule has 0 saturated heterocycles. The third-order valence-corrected chi connectivity index (χ3v) is 5.09. The molecule has 1 atom stereocenters. The quantitative estimate of drug-likeness (QED) is 0.586. The second kappa shape index (κ2) is 8.47. The van der Waals surface area contributed by atoms with E-state index in [0.717, 1.165) is 17.5 Å². The van der Waals surface area contributed by atoms with Crippen molar-refractivity contribution in [2.75, 3.05) is 12.0 Å². The van der Waals surface area contributed by atoms with E-state index < -0.39 is 0 Å². The number of carbonyl (C=O) groups is 1. The Bertz CT molecular complexity index is 963. The molecule has 3 aromatic rings. The highest BCUT2D eigenvalue weighted by Gasteiger charge is 2.24. The SMILES string of the molecule is CC[C@H](C)NC(=O)Cn1nc(SC)c(-c2nc(-c3ccc(C)cc3)no2)c1N. The lowest BCUT2D eigenvalue weighted by atomic mass is 10.1. The zero-order valence-electron chi connectivity index (χ0n) is 16.4. The minimum absolute atomic E-state index is 0.0304. The van der Waals surface area contributed by atoms with Gasteiger partial charge in [0.15, 0.2) is 0 Å². The molecule has 0 spiro atoms. The first kappa shape index (κ1) is 19.9. The molecule has 3 rings (SSSR count). The maximum absolute atomic E-state index is 12.2. The predicted molar refractivity (Wildman–Crippen MR) is 110 cm³/mol.